The maximum Gasteiger partial charge on any atom is 0.130 e. The van der Waals surface area contributed by atoms with Crippen LogP contribution in [-0.2, 0) is 0 Å². The van der Waals surface area contributed by atoms with Gasteiger partial charge in [0.1, 0.15) is 5.40 Å². The van der Waals surface area contributed by atoms with Gasteiger partial charge in [-0.15, -0.1) is 9.24 Å². The van der Waals surface area contributed by atoms with Gasteiger partial charge in [0.25, 0.3) is 0 Å². The summed E-state index contributed by atoms with van der Waals surface area (Å²) in [4.78, 5) is 0. The standard InChI is InChI=1S/C15H33P.CHNS/c1-3-4-5-6-7-8-9-10-11-12-15(2)13-14-16;2-1-3/h15H,3-14,16H2,1-2H3;3H. The second kappa shape index (κ2) is 20.6. The van der Waals surface area contributed by atoms with Gasteiger partial charge in [-0.3, -0.25) is 0 Å². The molecule has 0 rings (SSSR count). The molecule has 0 saturated carbocycles. The monoisotopic (exact) mass is 303 g/mol. The smallest absolute Gasteiger partial charge is 0.130 e. The zero-order valence-electron chi connectivity index (χ0n) is 13.0. The Balaban J connectivity index is 0. The van der Waals surface area contributed by atoms with Crippen LogP contribution in [0.5, 0.6) is 0 Å². The fraction of sp³-hybridized carbons (Fsp3) is 0.938. The Kier molecular flexibility index (Phi) is 23.4. The van der Waals surface area contributed by atoms with Crippen LogP contribution in [0, 0.1) is 16.6 Å². The van der Waals surface area contributed by atoms with Crippen molar-refractivity contribution in [1.29, 1.82) is 5.26 Å². The number of rotatable bonds is 12. The average Bonchev–Trinajstić information content (AvgIpc) is 2.38. The van der Waals surface area contributed by atoms with Gasteiger partial charge < -0.3 is 0 Å². The van der Waals surface area contributed by atoms with Crippen molar-refractivity contribution in [2.45, 2.75) is 84.5 Å². The Hall–Kier alpha value is 0.270. The Morgan fingerprint density at radius 2 is 1.37 bits per heavy atom. The molecule has 2 atom stereocenters. The molecule has 1 nitrogen and oxygen atoms in total. The highest BCUT2D eigenvalue weighted by Gasteiger charge is 1.99. The quantitative estimate of drug-likeness (QED) is 0.197. The molecule has 0 aromatic heterocycles. The minimum absolute atomic E-state index is 0.946. The van der Waals surface area contributed by atoms with Gasteiger partial charge in [-0.25, -0.2) is 0 Å². The summed E-state index contributed by atoms with van der Waals surface area (Å²) < 4.78 is 0. The molecular weight excluding hydrogens is 269 g/mol. The van der Waals surface area contributed by atoms with Crippen molar-refractivity contribution in [1.82, 2.24) is 0 Å². The second-order valence-corrected chi connectivity index (χ2v) is 6.18. The zero-order valence-corrected chi connectivity index (χ0v) is 15.1. The molecule has 0 spiro atoms. The first-order chi connectivity index (χ1) is 9.22. The van der Waals surface area contributed by atoms with Gasteiger partial charge >= 0.3 is 0 Å². The largest absolute Gasteiger partial charge is 0.185 e. The number of thiocyanates is 1. The third-order valence-corrected chi connectivity index (χ3v) is 3.79. The summed E-state index contributed by atoms with van der Waals surface area (Å²) in [5, 5.41) is 8.63. The van der Waals surface area contributed by atoms with E-state index >= 15 is 0 Å². The Morgan fingerprint density at radius 3 is 1.79 bits per heavy atom. The highest BCUT2D eigenvalue weighted by atomic mass is 32.1. The van der Waals surface area contributed by atoms with E-state index in [1.165, 1.54) is 82.2 Å². The lowest BCUT2D eigenvalue weighted by atomic mass is 9.99. The van der Waals surface area contributed by atoms with Crippen LogP contribution < -0.4 is 0 Å². The van der Waals surface area contributed by atoms with Gasteiger partial charge in [0.2, 0.25) is 0 Å². The first-order valence-electron chi connectivity index (χ1n) is 7.96. The molecule has 0 aromatic rings. The Morgan fingerprint density at radius 1 is 0.947 bits per heavy atom. The fourth-order valence-electron chi connectivity index (χ4n) is 2.23. The van der Waals surface area contributed by atoms with Crippen molar-refractivity contribution < 1.29 is 0 Å². The van der Waals surface area contributed by atoms with Gasteiger partial charge in [-0.05, 0) is 18.5 Å². The van der Waals surface area contributed by atoms with Gasteiger partial charge in [0.15, 0.2) is 0 Å². The maximum absolute atomic E-state index is 7.18. The first-order valence-corrected chi connectivity index (χ1v) is 9.22. The molecule has 0 heterocycles. The van der Waals surface area contributed by atoms with E-state index in [4.69, 9.17) is 5.26 Å². The fourth-order valence-corrected chi connectivity index (χ4v) is 2.80. The maximum atomic E-state index is 7.18. The number of nitrogens with zero attached hydrogens (tertiary/aromatic N) is 1. The van der Waals surface area contributed by atoms with E-state index in [1.807, 2.05) is 0 Å². The van der Waals surface area contributed by atoms with Crippen LogP contribution in [0.2, 0.25) is 0 Å². The molecule has 0 radical (unpaired) electrons. The summed E-state index contributed by atoms with van der Waals surface area (Å²) in [5.74, 6) is 0.946. The minimum Gasteiger partial charge on any atom is -0.185 e. The predicted octanol–water partition coefficient (Wildman–Crippen LogP) is 6.21. The van der Waals surface area contributed by atoms with Gasteiger partial charge in [0, 0.05) is 0 Å². The molecule has 3 heteroatoms. The predicted molar refractivity (Wildman–Crippen MR) is 94.8 cm³/mol. The Labute approximate surface area is 129 Å². The van der Waals surface area contributed by atoms with Crippen LogP contribution in [0.1, 0.15) is 84.5 Å². The number of hydrogen-bond donors (Lipinski definition) is 1. The molecule has 114 valence electrons. The molecule has 0 amide bonds. The number of hydrogen-bond acceptors (Lipinski definition) is 2. The van der Waals surface area contributed by atoms with E-state index in [-0.39, 0.29) is 0 Å². The summed E-state index contributed by atoms with van der Waals surface area (Å²) in [7, 11) is 2.84. The number of thiol groups is 1. The topological polar surface area (TPSA) is 23.8 Å². The van der Waals surface area contributed by atoms with Gasteiger partial charge in [-0.2, -0.15) is 5.26 Å². The van der Waals surface area contributed by atoms with E-state index < -0.39 is 0 Å². The number of unbranched alkanes of at least 4 members (excludes halogenated alkanes) is 8. The molecule has 0 aliphatic rings. The SMILES string of the molecule is CCCCCCCCCCCC(C)CCP.N#CS. The van der Waals surface area contributed by atoms with Crippen LogP contribution in [0.25, 0.3) is 0 Å². The molecule has 0 fully saturated rings. The molecule has 0 N–H and O–H groups in total. The molecule has 0 bridgehead atoms. The lowest BCUT2D eigenvalue weighted by Gasteiger charge is -2.09. The molecule has 0 aliphatic carbocycles. The van der Waals surface area contributed by atoms with Crippen molar-refractivity contribution >= 4 is 21.9 Å². The normalized spacial score (nSPS) is 11.3. The van der Waals surface area contributed by atoms with Crippen LogP contribution in [0.3, 0.4) is 0 Å². The summed E-state index contributed by atoms with van der Waals surface area (Å²) in [6.45, 7) is 4.69. The van der Waals surface area contributed by atoms with Crippen LogP contribution in [-0.4, -0.2) is 6.16 Å². The molecule has 19 heavy (non-hydrogen) atoms. The van der Waals surface area contributed by atoms with Crippen LogP contribution in [0.4, 0.5) is 0 Å². The first kappa shape index (κ1) is 21.6. The van der Waals surface area contributed by atoms with Crippen molar-refractivity contribution in [3.8, 4) is 5.40 Å². The van der Waals surface area contributed by atoms with E-state index in [2.05, 4.69) is 35.7 Å². The van der Waals surface area contributed by atoms with Crippen LogP contribution in [0.15, 0.2) is 0 Å². The lowest BCUT2D eigenvalue weighted by molar-refractivity contribution is 0.472. The van der Waals surface area contributed by atoms with Crippen molar-refractivity contribution in [2.24, 2.45) is 5.92 Å². The van der Waals surface area contributed by atoms with E-state index in [1.54, 1.807) is 0 Å². The van der Waals surface area contributed by atoms with E-state index in [0.717, 1.165) is 5.92 Å². The summed E-state index contributed by atoms with van der Waals surface area (Å²) >= 11 is 3.09. The lowest BCUT2D eigenvalue weighted by Crippen LogP contribution is -1.95. The van der Waals surface area contributed by atoms with Crippen molar-refractivity contribution in [3.63, 3.8) is 0 Å². The van der Waals surface area contributed by atoms with Gasteiger partial charge in [-0.1, -0.05) is 90.7 Å². The highest BCUT2D eigenvalue weighted by molar-refractivity contribution is 7.85. The third kappa shape index (κ3) is 23.8. The summed E-state index contributed by atoms with van der Waals surface area (Å²) in [5.41, 5.74) is 0. The summed E-state index contributed by atoms with van der Waals surface area (Å²) in [6.07, 6.45) is 17.2. The highest BCUT2D eigenvalue weighted by Crippen LogP contribution is 2.16. The van der Waals surface area contributed by atoms with Crippen molar-refractivity contribution in [2.75, 3.05) is 6.16 Å². The molecule has 0 aromatic carbocycles. The molecular formula is C16H34NPS. The summed E-state index contributed by atoms with van der Waals surface area (Å²) in [6, 6.07) is 0. The molecule has 0 aliphatic heterocycles. The molecule has 0 saturated heterocycles. The van der Waals surface area contributed by atoms with E-state index in [9.17, 15) is 0 Å². The molecule has 2 unspecified atom stereocenters. The van der Waals surface area contributed by atoms with Gasteiger partial charge in [0.05, 0.1) is 0 Å². The zero-order chi connectivity index (χ0) is 14.8. The Bertz CT molecular complexity index is 192. The van der Waals surface area contributed by atoms with E-state index in [0.29, 0.717) is 0 Å². The van der Waals surface area contributed by atoms with Crippen molar-refractivity contribution in [3.05, 3.63) is 0 Å². The van der Waals surface area contributed by atoms with Crippen LogP contribution >= 0.6 is 21.9 Å². The number of nitriles is 1. The minimum atomic E-state index is 0.946. The third-order valence-electron chi connectivity index (χ3n) is 3.46. The average molecular weight is 303 g/mol. The second-order valence-electron chi connectivity index (χ2n) is 5.40.